The van der Waals surface area contributed by atoms with Crippen LogP contribution in [0.25, 0.3) is 0 Å². The van der Waals surface area contributed by atoms with Gasteiger partial charge in [-0.3, -0.25) is 4.79 Å². The highest BCUT2D eigenvalue weighted by Crippen LogP contribution is 2.17. The lowest BCUT2D eigenvalue weighted by atomic mass is 10.0. The quantitative estimate of drug-likeness (QED) is 0.744. The van der Waals surface area contributed by atoms with Crippen molar-refractivity contribution in [2.24, 2.45) is 0 Å². The van der Waals surface area contributed by atoms with Gasteiger partial charge >= 0.3 is 0 Å². The van der Waals surface area contributed by atoms with Crippen molar-refractivity contribution >= 4 is 5.91 Å². The molecule has 0 radical (unpaired) electrons. The van der Waals surface area contributed by atoms with Crippen LogP contribution in [0.4, 0.5) is 0 Å². The van der Waals surface area contributed by atoms with Crippen molar-refractivity contribution in [1.29, 1.82) is 0 Å². The SMILES string of the molecule is Cc1ccccc1[C@@H](C)NC(=O)C1CC(O)CN1. The summed E-state index contributed by atoms with van der Waals surface area (Å²) in [5.74, 6) is -0.0395. The maximum Gasteiger partial charge on any atom is 0.237 e. The number of β-amino-alcohol motifs (C(OH)–C–C–N with tert-alkyl or cyclic N) is 1. The minimum absolute atomic E-state index is 0.0155. The molecule has 2 unspecified atom stereocenters. The van der Waals surface area contributed by atoms with E-state index < -0.39 is 6.10 Å². The van der Waals surface area contributed by atoms with Gasteiger partial charge in [-0.25, -0.2) is 0 Å². The highest BCUT2D eigenvalue weighted by molar-refractivity contribution is 5.82. The fourth-order valence-electron chi connectivity index (χ4n) is 2.38. The maximum absolute atomic E-state index is 12.0. The van der Waals surface area contributed by atoms with Gasteiger partial charge in [0.2, 0.25) is 5.91 Å². The van der Waals surface area contributed by atoms with E-state index in [2.05, 4.69) is 10.6 Å². The molecule has 18 heavy (non-hydrogen) atoms. The molecule has 1 fully saturated rings. The molecule has 1 aromatic rings. The molecule has 0 bridgehead atoms. The predicted molar refractivity (Wildman–Crippen MR) is 70.2 cm³/mol. The number of hydrogen-bond donors (Lipinski definition) is 3. The Hall–Kier alpha value is -1.39. The summed E-state index contributed by atoms with van der Waals surface area (Å²) in [5.41, 5.74) is 2.30. The van der Waals surface area contributed by atoms with Crippen LogP contribution in [0.3, 0.4) is 0 Å². The zero-order chi connectivity index (χ0) is 13.1. The van der Waals surface area contributed by atoms with Crippen molar-refractivity contribution in [3.05, 3.63) is 35.4 Å². The lowest BCUT2D eigenvalue weighted by Gasteiger charge is -2.19. The van der Waals surface area contributed by atoms with Crippen molar-refractivity contribution in [2.45, 2.75) is 38.5 Å². The summed E-state index contributed by atoms with van der Waals surface area (Å²) < 4.78 is 0. The van der Waals surface area contributed by atoms with Crippen LogP contribution in [-0.4, -0.2) is 29.7 Å². The van der Waals surface area contributed by atoms with Gasteiger partial charge in [0.05, 0.1) is 18.2 Å². The molecule has 0 saturated carbocycles. The average molecular weight is 248 g/mol. The molecule has 2 rings (SSSR count). The number of aryl methyl sites for hydroxylation is 1. The minimum Gasteiger partial charge on any atom is -0.392 e. The molecule has 1 saturated heterocycles. The Balaban J connectivity index is 1.97. The first-order valence-electron chi connectivity index (χ1n) is 6.35. The topological polar surface area (TPSA) is 61.4 Å². The number of benzene rings is 1. The number of rotatable bonds is 3. The van der Waals surface area contributed by atoms with Crippen LogP contribution >= 0.6 is 0 Å². The number of hydrogen-bond acceptors (Lipinski definition) is 3. The largest absolute Gasteiger partial charge is 0.392 e. The molecule has 98 valence electrons. The summed E-state index contributed by atoms with van der Waals surface area (Å²) in [6, 6.07) is 7.74. The molecule has 1 heterocycles. The van der Waals surface area contributed by atoms with E-state index in [-0.39, 0.29) is 18.0 Å². The van der Waals surface area contributed by atoms with Gasteiger partial charge in [-0.2, -0.15) is 0 Å². The molecule has 1 aliphatic heterocycles. The van der Waals surface area contributed by atoms with Gasteiger partial charge < -0.3 is 15.7 Å². The van der Waals surface area contributed by atoms with Crippen LogP contribution in [0.15, 0.2) is 24.3 Å². The van der Waals surface area contributed by atoms with Gasteiger partial charge in [0.1, 0.15) is 0 Å². The first kappa shape index (κ1) is 13.1. The van der Waals surface area contributed by atoms with E-state index in [4.69, 9.17) is 0 Å². The third-order valence-electron chi connectivity index (χ3n) is 3.44. The van der Waals surface area contributed by atoms with E-state index in [1.54, 1.807) is 0 Å². The molecule has 1 aliphatic rings. The Morgan fingerprint density at radius 2 is 2.22 bits per heavy atom. The van der Waals surface area contributed by atoms with Crippen molar-refractivity contribution in [3.63, 3.8) is 0 Å². The zero-order valence-corrected chi connectivity index (χ0v) is 10.8. The van der Waals surface area contributed by atoms with Gasteiger partial charge in [0.15, 0.2) is 0 Å². The summed E-state index contributed by atoms with van der Waals surface area (Å²) in [5, 5.41) is 15.4. The first-order chi connectivity index (χ1) is 8.58. The lowest BCUT2D eigenvalue weighted by molar-refractivity contribution is -0.123. The average Bonchev–Trinajstić information content (AvgIpc) is 2.76. The molecule has 0 aliphatic carbocycles. The van der Waals surface area contributed by atoms with E-state index in [9.17, 15) is 9.90 Å². The monoisotopic (exact) mass is 248 g/mol. The van der Waals surface area contributed by atoms with Crippen molar-refractivity contribution in [2.75, 3.05) is 6.54 Å². The number of carbonyl (C=O) groups excluding carboxylic acids is 1. The van der Waals surface area contributed by atoms with E-state index in [1.165, 1.54) is 5.56 Å². The van der Waals surface area contributed by atoms with Crippen LogP contribution in [0.5, 0.6) is 0 Å². The number of aliphatic hydroxyl groups is 1. The van der Waals surface area contributed by atoms with Crippen molar-refractivity contribution < 1.29 is 9.90 Å². The predicted octanol–water partition coefficient (Wildman–Crippen LogP) is 0.895. The molecule has 0 spiro atoms. The van der Waals surface area contributed by atoms with E-state index >= 15 is 0 Å². The molecule has 4 nitrogen and oxygen atoms in total. The molecule has 1 amide bonds. The second-order valence-corrected chi connectivity index (χ2v) is 4.94. The van der Waals surface area contributed by atoms with Gasteiger partial charge in [0.25, 0.3) is 0 Å². The van der Waals surface area contributed by atoms with Gasteiger partial charge in [-0.05, 0) is 31.4 Å². The van der Waals surface area contributed by atoms with E-state index in [0.29, 0.717) is 13.0 Å². The standard InChI is InChI=1S/C14H20N2O2/c1-9-5-3-4-6-12(9)10(2)16-14(18)13-7-11(17)8-15-13/h3-6,10-11,13,15,17H,7-8H2,1-2H3,(H,16,18)/t10-,11?,13?/m1/s1. The summed E-state index contributed by atoms with van der Waals surface area (Å²) in [6.45, 7) is 4.51. The van der Waals surface area contributed by atoms with Gasteiger partial charge in [-0.15, -0.1) is 0 Å². The van der Waals surface area contributed by atoms with Crippen molar-refractivity contribution in [1.82, 2.24) is 10.6 Å². The molecular formula is C14H20N2O2. The zero-order valence-electron chi connectivity index (χ0n) is 10.8. The maximum atomic E-state index is 12.0. The summed E-state index contributed by atoms with van der Waals surface area (Å²) in [6.07, 6.45) is 0.0845. The Morgan fingerprint density at radius 3 is 2.83 bits per heavy atom. The fraction of sp³-hybridized carbons (Fsp3) is 0.500. The Bertz CT molecular complexity index is 434. The molecule has 3 N–H and O–H groups in total. The highest BCUT2D eigenvalue weighted by Gasteiger charge is 2.28. The minimum atomic E-state index is -0.408. The third kappa shape index (κ3) is 2.89. The lowest BCUT2D eigenvalue weighted by Crippen LogP contribution is -2.41. The van der Waals surface area contributed by atoms with Crippen LogP contribution in [0.2, 0.25) is 0 Å². The number of carbonyl (C=O) groups is 1. The Morgan fingerprint density at radius 1 is 1.50 bits per heavy atom. The molecular weight excluding hydrogens is 228 g/mol. The number of aliphatic hydroxyl groups excluding tert-OH is 1. The van der Waals surface area contributed by atoms with E-state index in [0.717, 1.165) is 5.56 Å². The number of amides is 1. The Labute approximate surface area is 107 Å². The summed E-state index contributed by atoms with van der Waals surface area (Å²) in [4.78, 5) is 12.0. The van der Waals surface area contributed by atoms with E-state index in [1.807, 2.05) is 38.1 Å². The number of nitrogens with one attached hydrogen (secondary N) is 2. The van der Waals surface area contributed by atoms with Crippen LogP contribution < -0.4 is 10.6 Å². The summed E-state index contributed by atoms with van der Waals surface area (Å²) >= 11 is 0. The second kappa shape index (κ2) is 5.50. The molecule has 3 atom stereocenters. The molecule has 4 heteroatoms. The third-order valence-corrected chi connectivity index (χ3v) is 3.44. The fourth-order valence-corrected chi connectivity index (χ4v) is 2.38. The highest BCUT2D eigenvalue weighted by atomic mass is 16.3. The Kier molecular flexibility index (Phi) is 3.99. The van der Waals surface area contributed by atoms with Crippen LogP contribution in [0.1, 0.15) is 30.5 Å². The van der Waals surface area contributed by atoms with Gasteiger partial charge in [0, 0.05) is 6.54 Å². The second-order valence-electron chi connectivity index (χ2n) is 4.94. The van der Waals surface area contributed by atoms with Crippen LogP contribution in [-0.2, 0) is 4.79 Å². The van der Waals surface area contributed by atoms with Crippen LogP contribution in [0, 0.1) is 6.92 Å². The smallest absolute Gasteiger partial charge is 0.237 e. The summed E-state index contributed by atoms with van der Waals surface area (Å²) in [7, 11) is 0. The van der Waals surface area contributed by atoms with Crippen molar-refractivity contribution in [3.8, 4) is 0 Å². The molecule has 0 aromatic heterocycles. The van der Waals surface area contributed by atoms with Gasteiger partial charge in [-0.1, -0.05) is 24.3 Å². The first-order valence-corrected chi connectivity index (χ1v) is 6.35. The normalized spacial score (nSPS) is 24.8. The molecule has 1 aromatic carbocycles.